The van der Waals surface area contributed by atoms with E-state index in [-0.39, 0.29) is 18.0 Å². The molecule has 25 heavy (non-hydrogen) atoms. The van der Waals surface area contributed by atoms with Crippen molar-refractivity contribution >= 4 is 39.1 Å². The predicted molar refractivity (Wildman–Crippen MR) is 92.7 cm³/mol. The monoisotopic (exact) mass is 401 g/mol. The molecule has 0 spiro atoms. The molecule has 10 heteroatoms. The lowest BCUT2D eigenvalue weighted by Gasteiger charge is -2.32. The summed E-state index contributed by atoms with van der Waals surface area (Å²) in [5, 5.41) is 3.78. The van der Waals surface area contributed by atoms with E-state index in [2.05, 4.69) is 9.59 Å². The van der Waals surface area contributed by atoms with Gasteiger partial charge in [-0.2, -0.15) is 4.31 Å². The first-order valence-corrected chi connectivity index (χ1v) is 10.3. The van der Waals surface area contributed by atoms with Crippen molar-refractivity contribution in [3.05, 3.63) is 40.4 Å². The molecule has 1 aliphatic rings. The topological polar surface area (TPSA) is 89.5 Å². The lowest BCUT2D eigenvalue weighted by Crippen LogP contribution is -2.48. The van der Waals surface area contributed by atoms with E-state index in [4.69, 9.17) is 16.3 Å². The zero-order valence-electron chi connectivity index (χ0n) is 13.2. The van der Waals surface area contributed by atoms with Gasteiger partial charge in [-0.05, 0) is 31.4 Å². The minimum absolute atomic E-state index is 0.121. The van der Waals surface area contributed by atoms with E-state index in [1.807, 2.05) is 0 Å². The Morgan fingerprint density at radius 2 is 2.08 bits per heavy atom. The molecule has 1 atom stereocenters. The summed E-state index contributed by atoms with van der Waals surface area (Å²) in [6, 6.07) is 7.25. The van der Waals surface area contributed by atoms with E-state index in [0.29, 0.717) is 22.9 Å². The number of ether oxygens (including phenoxy) is 1. The number of hydrogen-bond acceptors (Lipinski definition) is 7. The number of halogens is 1. The standard InChI is InChI=1S/C15H16ClN3O4S2/c16-14-12(17-18-24-14)10-23-15(20)13-8-4-5-9-19(13)25(21,22)11-6-2-1-3-7-11/h1-3,6-7,13H,4-5,8-10H2/t13-/m1/s1. The third-order valence-electron chi connectivity index (χ3n) is 3.94. The predicted octanol–water partition coefficient (Wildman–Crippen LogP) is 2.48. The summed E-state index contributed by atoms with van der Waals surface area (Å²) in [6.45, 7) is 0.167. The maximum Gasteiger partial charge on any atom is 0.324 e. The summed E-state index contributed by atoms with van der Waals surface area (Å²) in [4.78, 5) is 12.6. The molecule has 0 unspecified atom stereocenters. The van der Waals surface area contributed by atoms with Crippen LogP contribution in [0.1, 0.15) is 25.0 Å². The maximum absolute atomic E-state index is 12.9. The summed E-state index contributed by atoms with van der Waals surface area (Å²) in [6.07, 6.45) is 1.89. The van der Waals surface area contributed by atoms with Gasteiger partial charge in [-0.15, -0.1) is 5.10 Å². The third kappa shape index (κ3) is 4.00. The number of esters is 1. The molecule has 0 aliphatic carbocycles. The van der Waals surface area contributed by atoms with Gasteiger partial charge in [0.15, 0.2) is 0 Å². The molecule has 0 radical (unpaired) electrons. The number of sulfonamides is 1. The molecule has 1 saturated heterocycles. The van der Waals surface area contributed by atoms with Crippen LogP contribution in [0.3, 0.4) is 0 Å². The highest BCUT2D eigenvalue weighted by Gasteiger charge is 2.38. The summed E-state index contributed by atoms with van der Waals surface area (Å²) < 4.78 is 36.2. The molecule has 2 aromatic rings. The first kappa shape index (κ1) is 18.2. The maximum atomic E-state index is 12.9. The molecule has 1 aromatic heterocycles. The van der Waals surface area contributed by atoms with Crippen LogP contribution >= 0.6 is 23.1 Å². The molecule has 2 heterocycles. The van der Waals surface area contributed by atoms with E-state index in [1.165, 1.54) is 16.4 Å². The fourth-order valence-electron chi connectivity index (χ4n) is 2.67. The second-order valence-electron chi connectivity index (χ2n) is 5.54. The Kier molecular flexibility index (Phi) is 5.67. The highest BCUT2D eigenvalue weighted by molar-refractivity contribution is 7.89. The van der Waals surface area contributed by atoms with Crippen LogP contribution in [-0.4, -0.2) is 40.9 Å². The SMILES string of the molecule is O=C(OCc1nnsc1Cl)[C@H]1CCCCN1S(=O)(=O)c1ccccc1. The zero-order chi connectivity index (χ0) is 17.9. The van der Waals surface area contributed by atoms with Gasteiger partial charge in [0.2, 0.25) is 10.0 Å². The lowest BCUT2D eigenvalue weighted by atomic mass is 10.1. The van der Waals surface area contributed by atoms with E-state index in [1.54, 1.807) is 18.2 Å². The van der Waals surface area contributed by atoms with Crippen molar-refractivity contribution in [3.63, 3.8) is 0 Å². The Morgan fingerprint density at radius 1 is 1.32 bits per heavy atom. The van der Waals surface area contributed by atoms with Gasteiger partial charge in [0, 0.05) is 18.1 Å². The third-order valence-corrected chi connectivity index (χ3v) is 6.84. The van der Waals surface area contributed by atoms with Crippen LogP contribution in [0.5, 0.6) is 0 Å². The molecule has 0 bridgehead atoms. The molecule has 1 aromatic carbocycles. The number of nitrogens with zero attached hydrogens (tertiary/aromatic N) is 3. The number of hydrogen-bond donors (Lipinski definition) is 0. The molecule has 0 N–H and O–H groups in total. The molecule has 0 amide bonds. The van der Waals surface area contributed by atoms with E-state index < -0.39 is 22.0 Å². The summed E-state index contributed by atoms with van der Waals surface area (Å²) in [7, 11) is -3.76. The van der Waals surface area contributed by atoms with Gasteiger partial charge in [0.05, 0.1) is 4.90 Å². The zero-order valence-corrected chi connectivity index (χ0v) is 15.6. The fourth-order valence-corrected chi connectivity index (χ4v) is 4.94. The number of carbonyl (C=O) groups excluding carboxylic acids is 1. The summed E-state index contributed by atoms with van der Waals surface area (Å²) in [5.74, 6) is -0.594. The van der Waals surface area contributed by atoms with Crippen LogP contribution in [0.4, 0.5) is 0 Å². The van der Waals surface area contributed by atoms with Crippen molar-refractivity contribution in [3.8, 4) is 0 Å². The first-order valence-electron chi connectivity index (χ1n) is 7.70. The molecule has 134 valence electrons. The van der Waals surface area contributed by atoms with Crippen molar-refractivity contribution in [1.29, 1.82) is 0 Å². The molecular formula is C15H16ClN3O4S2. The second-order valence-corrected chi connectivity index (χ2v) is 8.79. The largest absolute Gasteiger partial charge is 0.458 e. The highest BCUT2D eigenvalue weighted by Crippen LogP contribution is 2.26. The quantitative estimate of drug-likeness (QED) is 0.715. The van der Waals surface area contributed by atoms with Crippen molar-refractivity contribution in [2.24, 2.45) is 0 Å². The van der Waals surface area contributed by atoms with Crippen molar-refractivity contribution < 1.29 is 17.9 Å². The smallest absolute Gasteiger partial charge is 0.324 e. The summed E-state index contributed by atoms with van der Waals surface area (Å²) in [5.41, 5.74) is 0.369. The fraction of sp³-hybridized carbons (Fsp3) is 0.400. The Bertz CT molecular complexity index is 841. The van der Waals surface area contributed by atoms with Crippen molar-refractivity contribution in [1.82, 2.24) is 13.9 Å². The van der Waals surface area contributed by atoms with Gasteiger partial charge in [0.1, 0.15) is 22.7 Å². The van der Waals surface area contributed by atoms with Crippen LogP contribution in [0.2, 0.25) is 4.34 Å². The van der Waals surface area contributed by atoms with E-state index in [0.717, 1.165) is 18.0 Å². The summed E-state index contributed by atoms with van der Waals surface area (Å²) >= 11 is 6.89. The highest BCUT2D eigenvalue weighted by atomic mass is 35.5. The molecule has 1 fully saturated rings. The van der Waals surface area contributed by atoms with Gasteiger partial charge < -0.3 is 4.74 Å². The van der Waals surface area contributed by atoms with Crippen LogP contribution in [0, 0.1) is 0 Å². The Balaban J connectivity index is 1.76. The molecule has 0 saturated carbocycles. The Hall–Kier alpha value is -1.55. The average Bonchev–Trinajstić information content (AvgIpc) is 3.05. The van der Waals surface area contributed by atoms with Crippen molar-refractivity contribution in [2.75, 3.05) is 6.54 Å². The van der Waals surface area contributed by atoms with E-state index >= 15 is 0 Å². The lowest BCUT2D eigenvalue weighted by molar-refractivity contribution is -0.150. The van der Waals surface area contributed by atoms with E-state index in [9.17, 15) is 13.2 Å². The minimum atomic E-state index is -3.76. The molecule has 7 nitrogen and oxygen atoms in total. The number of aromatic nitrogens is 2. The number of benzene rings is 1. The number of carbonyl (C=O) groups is 1. The Labute approximate surface area is 154 Å². The normalized spacial score (nSPS) is 18.8. The van der Waals surface area contributed by atoms with Gasteiger partial charge in [0.25, 0.3) is 0 Å². The average molecular weight is 402 g/mol. The van der Waals surface area contributed by atoms with Crippen LogP contribution in [-0.2, 0) is 26.2 Å². The van der Waals surface area contributed by atoms with Gasteiger partial charge in [-0.1, -0.05) is 34.3 Å². The molecular weight excluding hydrogens is 386 g/mol. The Morgan fingerprint density at radius 3 is 2.76 bits per heavy atom. The number of rotatable bonds is 5. The first-order chi connectivity index (χ1) is 12.0. The second kappa shape index (κ2) is 7.77. The van der Waals surface area contributed by atoms with Crippen molar-refractivity contribution in [2.45, 2.75) is 36.8 Å². The van der Waals surface area contributed by atoms with Crippen LogP contribution < -0.4 is 0 Å². The number of piperidine rings is 1. The van der Waals surface area contributed by atoms with Crippen LogP contribution in [0.25, 0.3) is 0 Å². The van der Waals surface area contributed by atoms with Crippen LogP contribution in [0.15, 0.2) is 35.2 Å². The van der Waals surface area contributed by atoms with Gasteiger partial charge >= 0.3 is 5.97 Å². The van der Waals surface area contributed by atoms with Gasteiger partial charge in [-0.25, -0.2) is 8.42 Å². The van der Waals surface area contributed by atoms with Gasteiger partial charge in [-0.3, -0.25) is 4.79 Å². The molecule has 3 rings (SSSR count). The minimum Gasteiger partial charge on any atom is -0.458 e. The molecule has 1 aliphatic heterocycles.